The maximum absolute atomic E-state index is 12.4. The molecule has 26 heavy (non-hydrogen) atoms. The van der Waals surface area contributed by atoms with Crippen LogP contribution in [0.3, 0.4) is 0 Å². The van der Waals surface area contributed by atoms with Crippen molar-refractivity contribution in [1.82, 2.24) is 24.9 Å². The summed E-state index contributed by atoms with van der Waals surface area (Å²) >= 11 is 0. The number of carbonyl (C=O) groups is 1. The number of aryl methyl sites for hydroxylation is 2. The Morgan fingerprint density at radius 2 is 1.96 bits per heavy atom. The molecule has 3 aromatic rings. The fourth-order valence-electron chi connectivity index (χ4n) is 2.95. The van der Waals surface area contributed by atoms with E-state index >= 15 is 0 Å². The predicted octanol–water partition coefficient (Wildman–Crippen LogP) is 0.999. The van der Waals surface area contributed by atoms with Crippen LogP contribution in [-0.4, -0.2) is 25.5 Å². The van der Waals surface area contributed by atoms with Crippen LogP contribution in [0, 0.1) is 6.92 Å². The summed E-state index contributed by atoms with van der Waals surface area (Å²) in [5.74, 6) is -0.207. The lowest BCUT2D eigenvalue weighted by molar-refractivity contribution is -0.122. The molecule has 0 unspecified atom stereocenters. The molecule has 8 heteroatoms. The van der Waals surface area contributed by atoms with Gasteiger partial charge in [0.05, 0.1) is 29.6 Å². The first-order valence-electron chi connectivity index (χ1n) is 8.38. The largest absolute Gasteiger partial charge is 0.349 e. The zero-order valence-electron chi connectivity index (χ0n) is 14.9. The molecular weight excluding hydrogens is 334 g/mol. The average Bonchev–Trinajstić information content (AvgIpc) is 2.96. The van der Waals surface area contributed by atoms with Crippen LogP contribution in [0.2, 0.25) is 0 Å². The number of fused-ring (bicyclic) bond motifs is 1. The van der Waals surface area contributed by atoms with Crippen molar-refractivity contribution < 1.29 is 4.79 Å². The number of hydrogen-bond acceptors (Lipinski definition) is 4. The fourth-order valence-corrected chi connectivity index (χ4v) is 2.95. The van der Waals surface area contributed by atoms with Gasteiger partial charge in [0.25, 0.3) is 11.1 Å². The highest BCUT2D eigenvalue weighted by molar-refractivity contribution is 5.80. The maximum Gasteiger partial charge on any atom is 0.273 e. The lowest BCUT2D eigenvalue weighted by Crippen LogP contribution is -2.33. The highest BCUT2D eigenvalue weighted by Gasteiger charge is 2.15. The Hall–Kier alpha value is -3.16. The lowest BCUT2D eigenvalue weighted by atomic mass is 10.1. The molecule has 0 saturated heterocycles. The van der Waals surface area contributed by atoms with E-state index in [1.54, 1.807) is 35.1 Å². The molecule has 0 radical (unpaired) electrons. The van der Waals surface area contributed by atoms with Gasteiger partial charge in [0, 0.05) is 24.7 Å². The van der Waals surface area contributed by atoms with E-state index in [0.717, 1.165) is 11.3 Å². The summed E-state index contributed by atoms with van der Waals surface area (Å²) in [7, 11) is 1.84. The van der Waals surface area contributed by atoms with Crippen molar-refractivity contribution in [2.24, 2.45) is 7.05 Å². The van der Waals surface area contributed by atoms with Gasteiger partial charge in [0.1, 0.15) is 0 Å². The molecule has 1 atom stereocenters. The summed E-state index contributed by atoms with van der Waals surface area (Å²) in [6, 6.07) is 6.43. The Morgan fingerprint density at radius 1 is 1.27 bits per heavy atom. The summed E-state index contributed by atoms with van der Waals surface area (Å²) in [4.78, 5) is 36.7. The molecule has 0 spiro atoms. The summed E-state index contributed by atoms with van der Waals surface area (Å²) in [5.41, 5.74) is 1.26. The molecule has 0 bridgehead atoms. The van der Waals surface area contributed by atoms with E-state index in [-0.39, 0.29) is 36.0 Å². The van der Waals surface area contributed by atoms with Crippen molar-refractivity contribution in [3.8, 4) is 0 Å². The quantitative estimate of drug-likeness (QED) is 0.713. The normalized spacial score (nSPS) is 12.3. The van der Waals surface area contributed by atoms with Crippen LogP contribution in [0.15, 0.2) is 40.1 Å². The summed E-state index contributed by atoms with van der Waals surface area (Å²) < 4.78 is 2.93. The number of amides is 1. The summed E-state index contributed by atoms with van der Waals surface area (Å²) in [5, 5.41) is 10.3. The molecule has 0 aliphatic carbocycles. The molecule has 1 aromatic carbocycles. The van der Waals surface area contributed by atoms with Crippen molar-refractivity contribution in [2.45, 2.75) is 32.9 Å². The van der Waals surface area contributed by atoms with Gasteiger partial charge in [-0.15, -0.1) is 0 Å². The molecule has 3 rings (SSSR count). The third kappa shape index (κ3) is 3.30. The second kappa shape index (κ2) is 6.99. The Balaban J connectivity index is 1.71. The third-order valence-corrected chi connectivity index (χ3v) is 4.56. The number of nitrogens with zero attached hydrogens (tertiary/aromatic N) is 3. The molecule has 1 amide bonds. The molecular formula is C18H21N5O3. The second-order valence-corrected chi connectivity index (χ2v) is 6.29. The van der Waals surface area contributed by atoms with Gasteiger partial charge in [0.15, 0.2) is 0 Å². The zero-order valence-corrected chi connectivity index (χ0v) is 14.9. The number of aromatic nitrogens is 4. The molecule has 2 N–H and O–H groups in total. The van der Waals surface area contributed by atoms with Gasteiger partial charge in [-0.05, 0) is 26.0 Å². The number of aromatic amines is 1. The Bertz CT molecular complexity index is 1080. The molecule has 2 heterocycles. The second-order valence-electron chi connectivity index (χ2n) is 6.29. The van der Waals surface area contributed by atoms with Crippen LogP contribution in [0.4, 0.5) is 0 Å². The van der Waals surface area contributed by atoms with Crippen LogP contribution in [0.25, 0.3) is 10.8 Å². The van der Waals surface area contributed by atoms with Crippen molar-refractivity contribution in [3.05, 3.63) is 62.4 Å². The van der Waals surface area contributed by atoms with Crippen LogP contribution in [0.1, 0.15) is 30.6 Å². The van der Waals surface area contributed by atoms with Gasteiger partial charge >= 0.3 is 0 Å². The molecule has 0 fully saturated rings. The minimum absolute atomic E-state index is 0.0812. The molecule has 0 aliphatic rings. The monoisotopic (exact) mass is 355 g/mol. The van der Waals surface area contributed by atoms with Gasteiger partial charge in [-0.1, -0.05) is 12.1 Å². The van der Waals surface area contributed by atoms with Crippen LogP contribution in [-0.2, 0) is 18.4 Å². The average molecular weight is 355 g/mol. The van der Waals surface area contributed by atoms with E-state index < -0.39 is 0 Å². The third-order valence-electron chi connectivity index (χ3n) is 4.56. The van der Waals surface area contributed by atoms with E-state index in [0.29, 0.717) is 10.8 Å². The van der Waals surface area contributed by atoms with Crippen molar-refractivity contribution in [2.75, 3.05) is 0 Å². The van der Waals surface area contributed by atoms with Gasteiger partial charge in [0.2, 0.25) is 5.91 Å². The number of hydrogen-bond donors (Lipinski definition) is 2. The van der Waals surface area contributed by atoms with E-state index in [1.807, 2.05) is 20.9 Å². The van der Waals surface area contributed by atoms with Crippen LogP contribution < -0.4 is 16.4 Å². The summed E-state index contributed by atoms with van der Waals surface area (Å²) in [6.07, 6.45) is 1.81. The topological polar surface area (TPSA) is 102 Å². The van der Waals surface area contributed by atoms with E-state index in [4.69, 9.17) is 0 Å². The Morgan fingerprint density at radius 3 is 2.62 bits per heavy atom. The van der Waals surface area contributed by atoms with Crippen LogP contribution >= 0.6 is 0 Å². The highest BCUT2D eigenvalue weighted by atomic mass is 16.2. The number of rotatable bonds is 5. The number of carbonyl (C=O) groups excluding carboxylic acids is 1. The van der Waals surface area contributed by atoms with Gasteiger partial charge in [-0.25, -0.2) is 4.68 Å². The van der Waals surface area contributed by atoms with E-state index in [1.165, 1.54) is 4.68 Å². The van der Waals surface area contributed by atoms with Crippen molar-refractivity contribution in [3.63, 3.8) is 0 Å². The molecule has 2 aromatic heterocycles. The van der Waals surface area contributed by atoms with Crippen molar-refractivity contribution in [1.29, 1.82) is 0 Å². The first-order chi connectivity index (χ1) is 12.4. The highest BCUT2D eigenvalue weighted by Crippen LogP contribution is 2.15. The fraction of sp³-hybridized carbons (Fsp3) is 0.333. The van der Waals surface area contributed by atoms with E-state index in [2.05, 4.69) is 15.5 Å². The number of H-pyrrole nitrogens is 1. The minimum atomic E-state index is -0.347. The zero-order chi connectivity index (χ0) is 18.8. The lowest BCUT2D eigenvalue weighted by Gasteiger charge is -2.14. The first-order valence-corrected chi connectivity index (χ1v) is 8.38. The molecule has 0 saturated carbocycles. The molecule has 0 aliphatic heterocycles. The van der Waals surface area contributed by atoms with Gasteiger partial charge in [-0.3, -0.25) is 24.2 Å². The number of nitrogens with one attached hydrogen (secondary N) is 2. The predicted molar refractivity (Wildman–Crippen MR) is 97.9 cm³/mol. The first kappa shape index (κ1) is 17.7. The smallest absolute Gasteiger partial charge is 0.273 e. The Labute approximate surface area is 149 Å². The Kier molecular flexibility index (Phi) is 4.75. The van der Waals surface area contributed by atoms with Gasteiger partial charge < -0.3 is 5.32 Å². The molecule has 136 valence electrons. The standard InChI is InChI=1S/C18H21N5O3/c1-11(15-10-19-22(3)12(15)2)20-16(24)8-9-23-18(26)14-7-5-4-6-13(14)17(25)21-23/h4-7,10-11H,8-9H2,1-3H3,(H,20,24)(H,21,25)/t11-/m1/s1. The number of benzene rings is 1. The van der Waals surface area contributed by atoms with Crippen molar-refractivity contribution >= 4 is 16.7 Å². The van der Waals surface area contributed by atoms with Crippen LogP contribution in [0.5, 0.6) is 0 Å². The molecule has 8 nitrogen and oxygen atoms in total. The minimum Gasteiger partial charge on any atom is -0.349 e. The summed E-state index contributed by atoms with van der Waals surface area (Å²) in [6.45, 7) is 3.92. The van der Waals surface area contributed by atoms with E-state index in [9.17, 15) is 14.4 Å². The SMILES string of the molecule is Cc1c([C@@H](C)NC(=O)CCn2[nH]c(=O)c3ccccc3c2=O)cnn1C. The maximum atomic E-state index is 12.4. The van der Waals surface area contributed by atoms with Gasteiger partial charge in [-0.2, -0.15) is 5.10 Å².